The molecule has 0 saturated heterocycles. The Hall–Kier alpha value is -5.09. The number of aromatic hydroxyl groups is 1. The minimum Gasteiger partial charge on any atom is -0.507 e. The second kappa shape index (κ2) is 10.9. The van der Waals surface area contributed by atoms with Crippen LogP contribution in [0.5, 0.6) is 5.75 Å². The number of phenols is 1. The van der Waals surface area contributed by atoms with E-state index < -0.39 is 0 Å². The molecule has 0 bridgehead atoms. The summed E-state index contributed by atoms with van der Waals surface area (Å²) in [5.41, 5.74) is 5.34. The molecular weight excluding hydrogens is 622 g/mol. The highest BCUT2D eigenvalue weighted by atomic mass is 79.9. The fourth-order valence-electron chi connectivity index (χ4n) is 6.00. The van der Waals surface area contributed by atoms with Crippen molar-refractivity contribution in [1.29, 1.82) is 0 Å². The Morgan fingerprint density at radius 1 is 0.864 bits per heavy atom. The predicted octanol–water partition coefficient (Wildman–Crippen LogP) is 7.25. The molecule has 0 radical (unpaired) electrons. The van der Waals surface area contributed by atoms with Gasteiger partial charge in [0.2, 0.25) is 5.91 Å². The molecule has 1 atom stereocenters. The predicted molar refractivity (Wildman–Crippen MR) is 177 cm³/mol. The van der Waals surface area contributed by atoms with E-state index >= 15 is 0 Å². The largest absolute Gasteiger partial charge is 0.507 e. The minimum absolute atomic E-state index is 0.0795. The zero-order valence-corrected chi connectivity index (χ0v) is 25.3. The van der Waals surface area contributed by atoms with Crippen molar-refractivity contribution in [2.45, 2.75) is 19.3 Å². The maximum absolute atomic E-state index is 13.8. The van der Waals surface area contributed by atoms with E-state index in [1.165, 1.54) is 0 Å². The summed E-state index contributed by atoms with van der Waals surface area (Å²) < 4.78 is 0. The molecule has 10 heteroatoms. The van der Waals surface area contributed by atoms with Gasteiger partial charge in [-0.2, -0.15) is 0 Å². The van der Waals surface area contributed by atoms with Crippen molar-refractivity contribution in [3.8, 4) is 5.75 Å². The minimum atomic E-state index is -0.312. The van der Waals surface area contributed by atoms with E-state index in [4.69, 9.17) is 0 Å². The molecule has 6 aromatic rings. The Bertz CT molecular complexity index is 2130. The summed E-state index contributed by atoms with van der Waals surface area (Å²) in [5.74, 6) is -0.365. The fraction of sp³-hybridized carbons (Fsp3) is 0.147. The zero-order chi connectivity index (χ0) is 30.5. The number of hydrogen-bond acceptors (Lipinski definition) is 4. The van der Waals surface area contributed by atoms with Gasteiger partial charge in [-0.15, -0.1) is 0 Å². The van der Waals surface area contributed by atoms with E-state index in [1.54, 1.807) is 42.2 Å². The van der Waals surface area contributed by atoms with Crippen molar-refractivity contribution in [2.75, 3.05) is 27.4 Å². The number of fused-ring (bicyclic) bond motifs is 5. The normalized spacial score (nSPS) is 14.3. The fourth-order valence-corrected chi connectivity index (χ4v) is 6.52. The van der Waals surface area contributed by atoms with Crippen molar-refractivity contribution in [3.63, 3.8) is 0 Å². The molecule has 5 N–H and O–H groups in total. The number of aromatic nitrogens is 2. The lowest BCUT2D eigenvalue weighted by molar-refractivity contribution is -0.115. The van der Waals surface area contributed by atoms with Crippen LogP contribution in [-0.4, -0.2) is 44.7 Å². The highest BCUT2D eigenvalue weighted by molar-refractivity contribution is 9.09. The zero-order valence-electron chi connectivity index (χ0n) is 23.7. The average Bonchev–Trinajstić information content (AvgIpc) is 3.75. The molecule has 0 fully saturated rings. The molecule has 0 spiro atoms. The number of anilines is 3. The van der Waals surface area contributed by atoms with Gasteiger partial charge in [-0.25, -0.2) is 0 Å². The van der Waals surface area contributed by atoms with E-state index in [-0.39, 0.29) is 29.4 Å². The van der Waals surface area contributed by atoms with Crippen molar-refractivity contribution in [3.05, 3.63) is 95.8 Å². The lowest BCUT2D eigenvalue weighted by Gasteiger charge is -2.17. The Kier molecular flexibility index (Phi) is 6.85. The summed E-state index contributed by atoms with van der Waals surface area (Å²) in [5, 5.41) is 20.5. The Morgan fingerprint density at radius 3 is 2.18 bits per heavy atom. The summed E-state index contributed by atoms with van der Waals surface area (Å²) in [7, 11) is 0. The second-order valence-corrected chi connectivity index (χ2v) is 11.6. The number of carbonyl (C=O) groups is 3. The van der Waals surface area contributed by atoms with Gasteiger partial charge in [0.05, 0.1) is 5.69 Å². The van der Waals surface area contributed by atoms with E-state index in [0.717, 1.165) is 38.1 Å². The standard InChI is InChI=1S/C34H28BrN5O4/c1-2-31(42)36-21-7-9-25-18(11-21)13-27(38-25)33(43)37-22-8-10-26-19(12-22)14-28(39-26)34(44)40-17-20(16-35)32-24-6-4-3-5-23(24)30(41)15-29(32)40/h3-15,20,38-39,41H,2,16-17H2,1H3,(H,36,42)(H,37,43). The number of carbonyl (C=O) groups excluding carboxylic acids is 3. The topological polar surface area (TPSA) is 130 Å². The molecule has 1 unspecified atom stereocenters. The number of rotatable bonds is 6. The molecule has 2 aromatic heterocycles. The Morgan fingerprint density at radius 2 is 1.50 bits per heavy atom. The number of hydrogen-bond donors (Lipinski definition) is 5. The molecule has 4 aromatic carbocycles. The van der Waals surface area contributed by atoms with Crippen LogP contribution in [0.1, 0.15) is 45.8 Å². The van der Waals surface area contributed by atoms with Gasteiger partial charge in [-0.1, -0.05) is 47.1 Å². The van der Waals surface area contributed by atoms with Crippen LogP contribution in [0.15, 0.2) is 78.9 Å². The first-order valence-corrected chi connectivity index (χ1v) is 15.4. The molecule has 0 saturated carbocycles. The van der Waals surface area contributed by atoms with Crippen LogP contribution in [0, 0.1) is 0 Å². The van der Waals surface area contributed by atoms with Crippen molar-refractivity contribution in [2.24, 2.45) is 0 Å². The number of benzene rings is 4. The van der Waals surface area contributed by atoms with Gasteiger partial charge in [0, 0.05) is 68.8 Å². The first kappa shape index (κ1) is 27.7. The Labute approximate surface area is 260 Å². The number of alkyl halides is 1. The second-order valence-electron chi connectivity index (χ2n) is 11.0. The summed E-state index contributed by atoms with van der Waals surface area (Å²) in [6.07, 6.45) is 0.381. The third-order valence-electron chi connectivity index (χ3n) is 8.16. The molecule has 7 rings (SSSR count). The summed E-state index contributed by atoms with van der Waals surface area (Å²) >= 11 is 3.62. The molecule has 3 heterocycles. The first-order valence-electron chi connectivity index (χ1n) is 14.3. The number of phenolic OH excluding ortho intramolecular Hbond substituents is 1. The third-order valence-corrected chi connectivity index (χ3v) is 8.94. The molecule has 9 nitrogen and oxygen atoms in total. The van der Waals surface area contributed by atoms with Crippen LogP contribution in [0.4, 0.5) is 17.1 Å². The third kappa shape index (κ3) is 4.77. The Balaban J connectivity index is 1.13. The number of nitrogens with zero attached hydrogens (tertiary/aromatic N) is 1. The van der Waals surface area contributed by atoms with Gasteiger partial charge in [0.25, 0.3) is 11.8 Å². The van der Waals surface area contributed by atoms with Crippen LogP contribution >= 0.6 is 15.9 Å². The molecule has 1 aliphatic rings. The highest BCUT2D eigenvalue weighted by Crippen LogP contribution is 2.45. The summed E-state index contributed by atoms with van der Waals surface area (Å²) in [6, 6.07) is 23.8. The van der Waals surface area contributed by atoms with Crippen LogP contribution in [0.2, 0.25) is 0 Å². The average molecular weight is 651 g/mol. The van der Waals surface area contributed by atoms with Crippen LogP contribution < -0.4 is 15.5 Å². The SMILES string of the molecule is CCC(=O)Nc1ccc2[nH]c(C(=O)Nc3ccc4[nH]c(C(=O)N5CC(CBr)c6c5cc(O)c5ccccc65)cc4c3)cc2c1. The van der Waals surface area contributed by atoms with Crippen molar-refractivity contribution in [1.82, 2.24) is 9.97 Å². The maximum Gasteiger partial charge on any atom is 0.274 e. The quantitative estimate of drug-likeness (QED) is 0.122. The van der Waals surface area contributed by atoms with Gasteiger partial charge in [-0.05, 0) is 59.5 Å². The van der Waals surface area contributed by atoms with E-state index in [1.807, 2.05) is 48.5 Å². The lowest BCUT2D eigenvalue weighted by atomic mass is 9.95. The smallest absolute Gasteiger partial charge is 0.274 e. The van der Waals surface area contributed by atoms with Gasteiger partial charge < -0.3 is 30.6 Å². The molecule has 0 aliphatic carbocycles. The van der Waals surface area contributed by atoms with Crippen LogP contribution in [0.25, 0.3) is 32.6 Å². The van der Waals surface area contributed by atoms with E-state index in [9.17, 15) is 19.5 Å². The molecular formula is C34H28BrN5O4. The number of amides is 3. The monoisotopic (exact) mass is 649 g/mol. The lowest BCUT2D eigenvalue weighted by Crippen LogP contribution is -2.30. The molecule has 220 valence electrons. The number of halogens is 1. The number of aromatic amines is 2. The van der Waals surface area contributed by atoms with Gasteiger partial charge in [0.1, 0.15) is 17.1 Å². The van der Waals surface area contributed by atoms with Crippen molar-refractivity contribution >= 4 is 83.3 Å². The van der Waals surface area contributed by atoms with E-state index in [2.05, 4.69) is 36.5 Å². The van der Waals surface area contributed by atoms with Crippen LogP contribution in [0.3, 0.4) is 0 Å². The molecule has 1 aliphatic heterocycles. The summed E-state index contributed by atoms with van der Waals surface area (Å²) in [4.78, 5) is 46.7. The van der Waals surface area contributed by atoms with Crippen LogP contribution in [-0.2, 0) is 4.79 Å². The highest BCUT2D eigenvalue weighted by Gasteiger charge is 2.35. The maximum atomic E-state index is 13.8. The van der Waals surface area contributed by atoms with Crippen molar-refractivity contribution < 1.29 is 19.5 Å². The van der Waals surface area contributed by atoms with Gasteiger partial charge >= 0.3 is 0 Å². The number of H-pyrrole nitrogens is 2. The summed E-state index contributed by atoms with van der Waals surface area (Å²) in [6.45, 7) is 2.27. The molecule has 3 amide bonds. The van der Waals surface area contributed by atoms with Gasteiger partial charge in [-0.3, -0.25) is 14.4 Å². The number of nitrogens with one attached hydrogen (secondary N) is 4. The van der Waals surface area contributed by atoms with E-state index in [0.29, 0.717) is 46.7 Å². The first-order chi connectivity index (χ1) is 21.3. The molecule has 44 heavy (non-hydrogen) atoms. The van der Waals surface area contributed by atoms with Gasteiger partial charge in [0.15, 0.2) is 0 Å².